The van der Waals surface area contributed by atoms with Crippen LogP contribution in [0, 0.1) is 11.6 Å². The molecule has 31 heavy (non-hydrogen) atoms. The molecule has 168 valence electrons. The van der Waals surface area contributed by atoms with Gasteiger partial charge in [-0.25, -0.2) is 8.78 Å². The second-order valence-corrected chi connectivity index (χ2v) is 6.31. The van der Waals surface area contributed by atoms with Crippen molar-refractivity contribution >= 4 is 11.4 Å². The number of benzene rings is 2. The van der Waals surface area contributed by atoms with E-state index in [1.807, 2.05) is 19.3 Å². The van der Waals surface area contributed by atoms with Crippen molar-refractivity contribution in [2.24, 2.45) is 0 Å². The van der Waals surface area contributed by atoms with Crippen molar-refractivity contribution in [3.05, 3.63) is 96.4 Å². The summed E-state index contributed by atoms with van der Waals surface area (Å²) in [4.78, 5) is 1.64. The number of alkyl halides is 3. The Bertz CT molecular complexity index is 935. The van der Waals surface area contributed by atoms with E-state index in [1.54, 1.807) is 17.9 Å². The van der Waals surface area contributed by atoms with Crippen molar-refractivity contribution in [3.8, 4) is 0 Å². The highest BCUT2D eigenvalue weighted by atomic mass is 19.4. The van der Waals surface area contributed by atoms with E-state index in [9.17, 15) is 22.0 Å². The van der Waals surface area contributed by atoms with Crippen LogP contribution in [-0.4, -0.2) is 6.18 Å². The second-order valence-electron chi connectivity index (χ2n) is 6.31. The lowest BCUT2D eigenvalue weighted by Gasteiger charge is -2.25. The molecule has 0 bridgehead atoms. The molecule has 0 unspecified atom stereocenters. The number of nitrogens with zero attached hydrogens (tertiary/aromatic N) is 1. The molecule has 0 amide bonds. The molecule has 0 aromatic heterocycles. The van der Waals surface area contributed by atoms with Gasteiger partial charge in [-0.15, -0.1) is 0 Å². The van der Waals surface area contributed by atoms with Crippen LogP contribution in [0.5, 0.6) is 0 Å². The summed E-state index contributed by atoms with van der Waals surface area (Å²) in [5, 5.41) is 0. The van der Waals surface area contributed by atoms with E-state index >= 15 is 0 Å². The molecule has 0 radical (unpaired) electrons. The van der Waals surface area contributed by atoms with E-state index in [2.05, 4.69) is 25.2 Å². The lowest BCUT2D eigenvalue weighted by atomic mass is 10.1. The zero-order valence-corrected chi connectivity index (χ0v) is 17.7. The van der Waals surface area contributed by atoms with E-state index in [-0.39, 0.29) is 17.8 Å². The van der Waals surface area contributed by atoms with Gasteiger partial charge in [-0.3, -0.25) is 5.43 Å². The van der Waals surface area contributed by atoms with Gasteiger partial charge in [-0.1, -0.05) is 51.8 Å². The van der Waals surface area contributed by atoms with E-state index in [1.165, 1.54) is 30.3 Å². The Kier molecular flexibility index (Phi) is 9.30. The number of hydrogen-bond donors (Lipinski definition) is 2. The monoisotopic (exact) mass is 439 g/mol. The first-order valence-electron chi connectivity index (χ1n) is 9.43. The molecule has 2 aromatic carbocycles. The third-order valence-electron chi connectivity index (χ3n) is 4.02. The lowest BCUT2D eigenvalue weighted by molar-refractivity contribution is -0.0971. The number of hydrogen-bond acceptors (Lipinski definition) is 3. The summed E-state index contributed by atoms with van der Waals surface area (Å²) in [6, 6.07) is 9.96. The van der Waals surface area contributed by atoms with E-state index in [0.29, 0.717) is 16.9 Å². The minimum absolute atomic E-state index is 0.0303. The average molecular weight is 439 g/mol. The molecule has 2 N–H and O–H groups in total. The van der Waals surface area contributed by atoms with Gasteiger partial charge in [0.2, 0.25) is 0 Å². The van der Waals surface area contributed by atoms with Crippen LogP contribution in [0.15, 0.2) is 73.6 Å². The molecule has 2 rings (SSSR count). The summed E-state index contributed by atoms with van der Waals surface area (Å²) < 4.78 is 65.5. The van der Waals surface area contributed by atoms with Crippen LogP contribution >= 0.6 is 0 Å². The smallest absolute Gasteiger partial charge is 0.341 e. The summed E-state index contributed by atoms with van der Waals surface area (Å²) in [5.41, 5.74) is 4.60. The van der Waals surface area contributed by atoms with Crippen molar-refractivity contribution in [1.29, 1.82) is 0 Å². The minimum Gasteiger partial charge on any atom is -0.341 e. The standard InChI is InChI=1S/C21H20F5N3.C2H6/c1-13(2)29(19-7-5-6-18(22)11-19)12-17-9-8-16(10-20(17)23)14(3)27-28-15(4)21(24,25)26;1-2/h5-11,27-28H,1,3-4,12H2,2H3;1-2H3. The minimum atomic E-state index is -4.62. The molecule has 0 atom stereocenters. The van der Waals surface area contributed by atoms with Crippen molar-refractivity contribution in [2.45, 2.75) is 33.5 Å². The maximum Gasteiger partial charge on any atom is 0.432 e. The molecule has 0 saturated carbocycles. The maximum atomic E-state index is 14.6. The quantitative estimate of drug-likeness (QED) is 0.355. The molecule has 0 aliphatic heterocycles. The maximum absolute atomic E-state index is 14.6. The molecule has 0 fully saturated rings. The van der Waals surface area contributed by atoms with Crippen LogP contribution in [0.1, 0.15) is 31.9 Å². The number of allylic oxidation sites excluding steroid dienone is 2. The van der Waals surface area contributed by atoms with Crippen LogP contribution in [0.4, 0.5) is 27.6 Å². The van der Waals surface area contributed by atoms with Gasteiger partial charge in [0.25, 0.3) is 0 Å². The van der Waals surface area contributed by atoms with E-state index < -0.39 is 23.5 Å². The van der Waals surface area contributed by atoms with Crippen LogP contribution < -0.4 is 15.8 Å². The Morgan fingerprint density at radius 3 is 2.13 bits per heavy atom. The molecule has 0 heterocycles. The van der Waals surface area contributed by atoms with Crippen LogP contribution in [-0.2, 0) is 6.54 Å². The fourth-order valence-corrected chi connectivity index (χ4v) is 2.42. The Balaban J connectivity index is 0.00000233. The molecule has 2 aromatic rings. The lowest BCUT2D eigenvalue weighted by Crippen LogP contribution is -2.35. The molecule has 3 nitrogen and oxygen atoms in total. The zero-order chi connectivity index (χ0) is 23.8. The molecule has 0 aliphatic carbocycles. The molecule has 0 aliphatic rings. The summed E-state index contributed by atoms with van der Waals surface area (Å²) in [6.45, 7) is 16.1. The first-order valence-corrected chi connectivity index (χ1v) is 9.43. The summed E-state index contributed by atoms with van der Waals surface area (Å²) >= 11 is 0. The first kappa shape index (κ1) is 25.7. The van der Waals surface area contributed by atoms with Gasteiger partial charge in [-0.2, -0.15) is 13.2 Å². The van der Waals surface area contributed by atoms with Crippen LogP contribution in [0.3, 0.4) is 0 Å². The predicted molar refractivity (Wildman–Crippen MR) is 116 cm³/mol. The average Bonchev–Trinajstić information content (AvgIpc) is 2.71. The number of halogens is 5. The summed E-state index contributed by atoms with van der Waals surface area (Å²) in [7, 11) is 0. The fraction of sp³-hybridized carbons (Fsp3) is 0.217. The van der Waals surface area contributed by atoms with Crippen molar-refractivity contribution in [2.75, 3.05) is 4.90 Å². The molecule has 8 heteroatoms. The number of rotatable bonds is 8. The number of anilines is 1. The normalized spacial score (nSPS) is 10.5. The van der Waals surface area contributed by atoms with Gasteiger partial charge in [0.1, 0.15) is 17.3 Å². The van der Waals surface area contributed by atoms with Crippen LogP contribution in [0.25, 0.3) is 5.70 Å². The third-order valence-corrected chi connectivity index (χ3v) is 4.02. The fourth-order valence-electron chi connectivity index (χ4n) is 2.42. The SMILES string of the molecule is C=C(NNC(=C)C(F)(F)F)c1ccc(CN(C(=C)C)c2cccc(F)c2)c(F)c1.CC. The van der Waals surface area contributed by atoms with Gasteiger partial charge in [0.15, 0.2) is 0 Å². The number of nitrogens with one attached hydrogen (secondary N) is 2. The van der Waals surface area contributed by atoms with Gasteiger partial charge < -0.3 is 10.3 Å². The Hall–Kier alpha value is -3.29. The van der Waals surface area contributed by atoms with E-state index in [0.717, 1.165) is 6.07 Å². The van der Waals surface area contributed by atoms with Crippen molar-refractivity contribution in [1.82, 2.24) is 10.9 Å². The van der Waals surface area contributed by atoms with Crippen molar-refractivity contribution in [3.63, 3.8) is 0 Å². The predicted octanol–water partition coefficient (Wildman–Crippen LogP) is 6.67. The highest BCUT2D eigenvalue weighted by molar-refractivity contribution is 5.62. The Labute approximate surface area is 179 Å². The van der Waals surface area contributed by atoms with Gasteiger partial charge in [0.05, 0.1) is 12.2 Å². The van der Waals surface area contributed by atoms with Crippen LogP contribution in [0.2, 0.25) is 0 Å². The largest absolute Gasteiger partial charge is 0.432 e. The summed E-state index contributed by atoms with van der Waals surface area (Å²) in [6.07, 6.45) is -4.62. The van der Waals surface area contributed by atoms with Gasteiger partial charge in [0, 0.05) is 22.5 Å². The summed E-state index contributed by atoms with van der Waals surface area (Å²) in [5.74, 6) is -1.03. The highest BCUT2D eigenvalue weighted by Gasteiger charge is 2.32. The Morgan fingerprint density at radius 2 is 1.61 bits per heavy atom. The zero-order valence-electron chi connectivity index (χ0n) is 17.7. The Morgan fingerprint density at radius 1 is 0.968 bits per heavy atom. The molecular weight excluding hydrogens is 413 g/mol. The third kappa shape index (κ3) is 7.47. The first-order chi connectivity index (χ1) is 14.5. The second kappa shape index (κ2) is 11.2. The van der Waals surface area contributed by atoms with Gasteiger partial charge in [-0.05, 0) is 31.2 Å². The molecule has 0 saturated heterocycles. The molecule has 0 spiro atoms. The topological polar surface area (TPSA) is 27.3 Å². The number of hydrazine groups is 1. The molecular formula is C23H26F5N3. The van der Waals surface area contributed by atoms with E-state index in [4.69, 9.17) is 0 Å². The highest BCUT2D eigenvalue weighted by Crippen LogP contribution is 2.25. The van der Waals surface area contributed by atoms with Crippen molar-refractivity contribution < 1.29 is 22.0 Å². The van der Waals surface area contributed by atoms with Gasteiger partial charge >= 0.3 is 6.18 Å².